The van der Waals surface area contributed by atoms with Crippen LogP contribution in [0, 0.1) is 10.1 Å². The maximum atomic E-state index is 12.0. The van der Waals surface area contributed by atoms with E-state index in [-0.39, 0.29) is 11.1 Å². The summed E-state index contributed by atoms with van der Waals surface area (Å²) in [6, 6.07) is 2.81. The smallest absolute Gasteiger partial charge is 0.427 e. The Balaban J connectivity index is 2.36. The standard InChI is InChI=1S/C9H4F3NO5/c10-9(11,12)18-8-5-2-1-4(13(15)16)3-6(5)7(14)17-8/h1-3,8H. The molecule has 1 aromatic rings. The third-order valence-corrected chi connectivity index (χ3v) is 2.18. The van der Waals surface area contributed by atoms with Gasteiger partial charge in [-0.1, -0.05) is 0 Å². The van der Waals surface area contributed by atoms with E-state index in [9.17, 15) is 28.1 Å². The Morgan fingerprint density at radius 1 is 1.39 bits per heavy atom. The predicted octanol–water partition coefficient (Wildman–Crippen LogP) is 2.30. The van der Waals surface area contributed by atoms with Crippen LogP contribution in [-0.4, -0.2) is 17.3 Å². The zero-order chi connectivity index (χ0) is 13.5. The summed E-state index contributed by atoms with van der Waals surface area (Å²) in [4.78, 5) is 20.9. The predicted molar refractivity (Wildman–Crippen MR) is 48.4 cm³/mol. The SMILES string of the molecule is O=C1OC(OC(F)(F)F)c2ccc([N+](=O)[O-])cc21. The number of alkyl halides is 3. The van der Waals surface area contributed by atoms with E-state index in [0.717, 1.165) is 18.2 Å². The lowest BCUT2D eigenvalue weighted by Gasteiger charge is -2.13. The van der Waals surface area contributed by atoms with E-state index in [1.165, 1.54) is 0 Å². The third kappa shape index (κ3) is 2.25. The number of halogens is 3. The minimum Gasteiger partial charge on any atom is -0.427 e. The second-order valence-electron chi connectivity index (χ2n) is 3.33. The first-order chi connectivity index (χ1) is 8.28. The number of carbonyl (C=O) groups is 1. The van der Waals surface area contributed by atoms with Gasteiger partial charge in [-0.05, 0) is 6.07 Å². The van der Waals surface area contributed by atoms with Gasteiger partial charge in [0, 0.05) is 17.7 Å². The average molecular weight is 263 g/mol. The molecule has 0 saturated heterocycles. The van der Waals surface area contributed by atoms with Crippen LogP contribution in [0.15, 0.2) is 18.2 Å². The molecule has 0 aliphatic carbocycles. The van der Waals surface area contributed by atoms with Gasteiger partial charge in [-0.15, -0.1) is 13.2 Å². The van der Waals surface area contributed by atoms with Crippen LogP contribution >= 0.6 is 0 Å². The van der Waals surface area contributed by atoms with Crippen molar-refractivity contribution in [2.24, 2.45) is 0 Å². The summed E-state index contributed by atoms with van der Waals surface area (Å²) < 4.78 is 44.0. The van der Waals surface area contributed by atoms with E-state index < -0.39 is 29.2 Å². The molecule has 1 aliphatic rings. The first-order valence-electron chi connectivity index (χ1n) is 4.52. The molecule has 0 amide bonds. The van der Waals surface area contributed by atoms with Crippen LogP contribution < -0.4 is 0 Å². The van der Waals surface area contributed by atoms with E-state index in [1.807, 2.05) is 0 Å². The Hall–Kier alpha value is -2.16. The average Bonchev–Trinajstić information content (AvgIpc) is 2.53. The molecule has 2 rings (SSSR count). The Bertz CT molecular complexity index is 527. The number of hydrogen-bond acceptors (Lipinski definition) is 5. The highest BCUT2D eigenvalue weighted by Crippen LogP contribution is 2.37. The molecule has 0 fully saturated rings. The molecule has 9 heteroatoms. The number of fused-ring (bicyclic) bond motifs is 1. The number of nitrogens with zero attached hydrogens (tertiary/aromatic N) is 1. The quantitative estimate of drug-likeness (QED) is 0.464. The largest absolute Gasteiger partial charge is 0.525 e. The molecule has 0 bridgehead atoms. The molecule has 6 nitrogen and oxygen atoms in total. The molecule has 0 aromatic heterocycles. The van der Waals surface area contributed by atoms with Gasteiger partial charge in [-0.2, -0.15) is 0 Å². The monoisotopic (exact) mass is 263 g/mol. The maximum absolute atomic E-state index is 12.0. The van der Waals surface area contributed by atoms with Crippen molar-refractivity contribution in [1.29, 1.82) is 0 Å². The van der Waals surface area contributed by atoms with Crippen LogP contribution in [0.3, 0.4) is 0 Å². The normalized spacial score (nSPS) is 18.4. The molecule has 1 atom stereocenters. The fraction of sp³-hybridized carbons (Fsp3) is 0.222. The van der Waals surface area contributed by atoms with Crippen molar-refractivity contribution in [3.8, 4) is 0 Å². The highest BCUT2D eigenvalue weighted by Gasteiger charge is 2.41. The molecule has 1 unspecified atom stereocenters. The van der Waals surface area contributed by atoms with E-state index >= 15 is 0 Å². The number of rotatable bonds is 2. The van der Waals surface area contributed by atoms with Gasteiger partial charge in [0.1, 0.15) is 0 Å². The number of carbonyl (C=O) groups excluding carboxylic acids is 1. The molecule has 1 aliphatic heterocycles. The molecule has 1 aromatic carbocycles. The lowest BCUT2D eigenvalue weighted by atomic mass is 10.1. The number of ether oxygens (including phenoxy) is 2. The summed E-state index contributed by atoms with van der Waals surface area (Å²) in [5, 5.41) is 10.5. The van der Waals surface area contributed by atoms with Gasteiger partial charge in [0.2, 0.25) is 6.29 Å². The first-order valence-corrected chi connectivity index (χ1v) is 4.52. The zero-order valence-electron chi connectivity index (χ0n) is 8.43. The van der Waals surface area contributed by atoms with Gasteiger partial charge in [-0.3, -0.25) is 10.1 Å². The van der Waals surface area contributed by atoms with E-state index in [4.69, 9.17) is 0 Å². The lowest BCUT2D eigenvalue weighted by Crippen LogP contribution is -2.18. The molecular formula is C9H4F3NO5. The highest BCUT2D eigenvalue weighted by molar-refractivity contribution is 5.94. The summed E-state index contributed by atoms with van der Waals surface area (Å²) >= 11 is 0. The van der Waals surface area contributed by atoms with Gasteiger partial charge in [0.05, 0.1) is 10.5 Å². The maximum Gasteiger partial charge on any atom is 0.525 e. The first kappa shape index (κ1) is 12.3. The van der Waals surface area contributed by atoms with Gasteiger partial charge >= 0.3 is 12.3 Å². The minimum absolute atomic E-state index is 0.192. The molecule has 0 saturated carbocycles. The summed E-state index contributed by atoms with van der Waals surface area (Å²) in [5.74, 6) is -1.09. The summed E-state index contributed by atoms with van der Waals surface area (Å²) in [7, 11) is 0. The Morgan fingerprint density at radius 2 is 2.06 bits per heavy atom. The number of cyclic esters (lactones) is 1. The van der Waals surface area contributed by atoms with Crippen molar-refractivity contribution in [2.75, 3.05) is 0 Å². The van der Waals surface area contributed by atoms with E-state index in [2.05, 4.69) is 9.47 Å². The van der Waals surface area contributed by atoms with Crippen LogP contribution in [0.5, 0.6) is 0 Å². The van der Waals surface area contributed by atoms with Crippen LogP contribution in [0.2, 0.25) is 0 Å². The van der Waals surface area contributed by atoms with Gasteiger partial charge < -0.3 is 4.74 Å². The molecule has 18 heavy (non-hydrogen) atoms. The molecular weight excluding hydrogens is 259 g/mol. The molecule has 0 N–H and O–H groups in total. The number of non-ortho nitro benzene ring substituents is 1. The van der Waals surface area contributed by atoms with Crippen molar-refractivity contribution in [1.82, 2.24) is 0 Å². The topological polar surface area (TPSA) is 78.7 Å². The number of nitro groups is 1. The van der Waals surface area contributed by atoms with Gasteiger partial charge in [0.15, 0.2) is 0 Å². The fourth-order valence-corrected chi connectivity index (χ4v) is 1.47. The third-order valence-electron chi connectivity index (χ3n) is 2.18. The molecule has 96 valence electrons. The summed E-state index contributed by atoms with van der Waals surface area (Å²) in [6.07, 6.45) is -6.90. The summed E-state index contributed by atoms with van der Waals surface area (Å²) in [5.41, 5.74) is -0.917. The highest BCUT2D eigenvalue weighted by atomic mass is 19.4. The van der Waals surface area contributed by atoms with Gasteiger partial charge in [-0.25, -0.2) is 9.53 Å². The Kier molecular flexibility index (Phi) is 2.70. The fourth-order valence-electron chi connectivity index (χ4n) is 1.47. The summed E-state index contributed by atoms with van der Waals surface area (Å²) in [6.45, 7) is 0. The van der Waals surface area contributed by atoms with Crippen molar-refractivity contribution in [2.45, 2.75) is 12.7 Å². The van der Waals surface area contributed by atoms with Crippen molar-refractivity contribution >= 4 is 11.7 Å². The number of esters is 1. The van der Waals surface area contributed by atoms with Crippen LogP contribution in [-0.2, 0) is 9.47 Å². The van der Waals surface area contributed by atoms with E-state index in [0.29, 0.717) is 0 Å². The molecule has 0 radical (unpaired) electrons. The van der Waals surface area contributed by atoms with E-state index in [1.54, 1.807) is 0 Å². The minimum atomic E-state index is -4.98. The van der Waals surface area contributed by atoms with Crippen molar-refractivity contribution in [3.63, 3.8) is 0 Å². The molecule has 1 heterocycles. The van der Waals surface area contributed by atoms with Crippen LogP contribution in [0.1, 0.15) is 22.2 Å². The second-order valence-corrected chi connectivity index (χ2v) is 3.33. The van der Waals surface area contributed by atoms with Crippen LogP contribution in [0.4, 0.5) is 18.9 Å². The van der Waals surface area contributed by atoms with Crippen molar-refractivity contribution < 1.29 is 32.4 Å². The Labute approximate surface area is 97.1 Å². The van der Waals surface area contributed by atoms with Crippen LogP contribution in [0.25, 0.3) is 0 Å². The van der Waals surface area contributed by atoms with Crippen molar-refractivity contribution in [3.05, 3.63) is 39.4 Å². The second kappa shape index (κ2) is 3.95. The lowest BCUT2D eigenvalue weighted by molar-refractivity contribution is -0.384. The zero-order valence-corrected chi connectivity index (χ0v) is 8.43. The Morgan fingerprint density at radius 3 is 2.61 bits per heavy atom. The number of nitro benzene ring substituents is 1. The van der Waals surface area contributed by atoms with Gasteiger partial charge in [0.25, 0.3) is 5.69 Å². The number of hydrogen-bond donors (Lipinski definition) is 0. The molecule has 0 spiro atoms. The number of benzene rings is 1.